The van der Waals surface area contributed by atoms with Crippen LogP contribution >= 0.6 is 11.6 Å². The third-order valence-corrected chi connectivity index (χ3v) is 5.25. The molecule has 8 nitrogen and oxygen atoms in total. The van der Waals surface area contributed by atoms with E-state index in [1.807, 2.05) is 0 Å². The van der Waals surface area contributed by atoms with E-state index in [1.165, 1.54) is 12.1 Å². The lowest BCUT2D eigenvalue weighted by molar-refractivity contribution is -0.0523. The summed E-state index contributed by atoms with van der Waals surface area (Å²) >= 11 is 5.93. The van der Waals surface area contributed by atoms with Gasteiger partial charge in [0.15, 0.2) is 15.6 Å². The van der Waals surface area contributed by atoms with Crippen molar-refractivity contribution in [3.05, 3.63) is 59.4 Å². The Bertz CT molecular complexity index is 1110. The first kappa shape index (κ1) is 19.9. The highest BCUT2D eigenvalue weighted by Crippen LogP contribution is 2.34. The van der Waals surface area contributed by atoms with Gasteiger partial charge in [-0.1, -0.05) is 23.7 Å². The number of hydrogen-bond donors (Lipinski definition) is 2. The molecule has 1 aromatic heterocycles. The van der Waals surface area contributed by atoms with Crippen LogP contribution in [0.3, 0.4) is 0 Å². The number of carbonyl (C=O) groups excluding carboxylic acids is 1. The van der Waals surface area contributed by atoms with Crippen molar-refractivity contribution < 1.29 is 22.8 Å². The summed E-state index contributed by atoms with van der Waals surface area (Å²) in [5.74, 6) is 0.421. The number of hydrogen-bond acceptors (Lipinski definition) is 6. The van der Waals surface area contributed by atoms with Crippen molar-refractivity contribution in [1.82, 2.24) is 10.0 Å². The number of urea groups is 1. The van der Waals surface area contributed by atoms with Crippen molar-refractivity contribution in [3.8, 4) is 22.6 Å². The minimum absolute atomic E-state index is 0.0495. The zero-order valence-electron chi connectivity index (χ0n) is 14.7. The lowest BCUT2D eigenvalue weighted by Crippen LogP contribution is -2.32. The van der Waals surface area contributed by atoms with Crippen molar-refractivity contribution >= 4 is 27.5 Å². The van der Waals surface area contributed by atoms with E-state index < -0.39 is 15.9 Å². The number of hydroxylamine groups is 2. The lowest BCUT2D eigenvalue weighted by atomic mass is 10.1. The number of carbonyl (C=O) groups is 1. The first-order valence-electron chi connectivity index (χ1n) is 7.97. The van der Waals surface area contributed by atoms with Crippen LogP contribution in [0.15, 0.2) is 57.8 Å². The number of aromatic nitrogens is 1. The predicted molar refractivity (Wildman–Crippen MR) is 102 cm³/mol. The zero-order chi connectivity index (χ0) is 20.5. The molecule has 28 heavy (non-hydrogen) atoms. The highest BCUT2D eigenvalue weighted by Gasteiger charge is 2.20. The second-order valence-corrected chi connectivity index (χ2v) is 8.44. The third-order valence-electron chi connectivity index (χ3n) is 3.87. The second kappa shape index (κ2) is 7.63. The molecule has 0 aliphatic heterocycles. The Kier molecular flexibility index (Phi) is 5.41. The SMILES string of the molecule is CS(=O)(=O)c1ccc(-c2nc(CN(O)C(N)=O)oc2-c2ccc(Cl)cc2)cc1. The number of amides is 2. The van der Waals surface area contributed by atoms with Crippen LogP contribution < -0.4 is 5.73 Å². The number of benzene rings is 2. The normalized spacial score (nSPS) is 11.4. The summed E-state index contributed by atoms with van der Waals surface area (Å²) in [7, 11) is -3.34. The molecule has 3 rings (SSSR count). The third kappa shape index (κ3) is 4.33. The van der Waals surface area contributed by atoms with E-state index in [4.69, 9.17) is 21.8 Å². The molecule has 0 saturated heterocycles. The lowest BCUT2D eigenvalue weighted by Gasteiger charge is -2.08. The maximum atomic E-state index is 11.7. The number of sulfone groups is 1. The van der Waals surface area contributed by atoms with Crippen molar-refractivity contribution in [1.29, 1.82) is 0 Å². The number of rotatable bonds is 5. The van der Waals surface area contributed by atoms with Crippen LogP contribution in [-0.2, 0) is 16.4 Å². The minimum atomic E-state index is -3.34. The van der Waals surface area contributed by atoms with Crippen LogP contribution in [0.2, 0.25) is 5.02 Å². The number of primary amides is 1. The fraction of sp³-hybridized carbons (Fsp3) is 0.111. The Labute approximate surface area is 166 Å². The number of nitrogens with two attached hydrogens (primary N) is 1. The van der Waals surface area contributed by atoms with Gasteiger partial charge in [-0.15, -0.1) is 0 Å². The van der Waals surface area contributed by atoms with Crippen LogP contribution in [0.1, 0.15) is 5.89 Å². The molecule has 0 aliphatic carbocycles. The molecule has 146 valence electrons. The van der Waals surface area contributed by atoms with E-state index in [0.717, 1.165) is 6.26 Å². The zero-order valence-corrected chi connectivity index (χ0v) is 16.2. The van der Waals surface area contributed by atoms with Crippen LogP contribution in [-0.4, -0.2) is 36.0 Å². The van der Waals surface area contributed by atoms with E-state index in [1.54, 1.807) is 36.4 Å². The summed E-state index contributed by atoms with van der Waals surface area (Å²) < 4.78 is 29.1. The van der Waals surface area contributed by atoms with E-state index in [9.17, 15) is 18.4 Å². The molecule has 0 spiro atoms. The molecule has 0 aliphatic rings. The van der Waals surface area contributed by atoms with Crippen LogP contribution in [0.4, 0.5) is 4.79 Å². The smallest absolute Gasteiger partial charge is 0.339 e. The van der Waals surface area contributed by atoms with E-state index in [0.29, 0.717) is 27.6 Å². The molecular weight excluding hydrogens is 406 g/mol. The summed E-state index contributed by atoms with van der Waals surface area (Å²) in [5.41, 5.74) is 6.69. The Hall–Kier alpha value is -2.88. The molecule has 0 atom stereocenters. The van der Waals surface area contributed by atoms with Gasteiger partial charge in [-0.05, 0) is 36.4 Å². The maximum Gasteiger partial charge on any atom is 0.339 e. The van der Waals surface area contributed by atoms with Crippen molar-refractivity contribution in [3.63, 3.8) is 0 Å². The maximum absolute atomic E-state index is 11.7. The van der Waals surface area contributed by atoms with Gasteiger partial charge in [-0.25, -0.2) is 18.2 Å². The van der Waals surface area contributed by atoms with Crippen LogP contribution in [0, 0.1) is 0 Å². The van der Waals surface area contributed by atoms with Crippen molar-refractivity contribution in [2.75, 3.05) is 6.26 Å². The van der Waals surface area contributed by atoms with Gasteiger partial charge in [0.2, 0.25) is 5.89 Å². The van der Waals surface area contributed by atoms with Gasteiger partial charge in [-0.2, -0.15) is 5.06 Å². The fourth-order valence-electron chi connectivity index (χ4n) is 2.49. The van der Waals surface area contributed by atoms with Crippen LogP contribution in [0.25, 0.3) is 22.6 Å². The summed E-state index contributed by atoms with van der Waals surface area (Å²) in [6.45, 7) is -0.350. The molecule has 0 fully saturated rings. The highest BCUT2D eigenvalue weighted by atomic mass is 35.5. The molecule has 10 heteroatoms. The number of nitrogens with zero attached hydrogens (tertiary/aromatic N) is 2. The molecule has 0 radical (unpaired) electrons. The van der Waals surface area contributed by atoms with Gasteiger partial charge < -0.3 is 10.2 Å². The molecule has 3 N–H and O–H groups in total. The highest BCUT2D eigenvalue weighted by molar-refractivity contribution is 7.90. The minimum Gasteiger partial charge on any atom is -0.438 e. The van der Waals surface area contributed by atoms with E-state index in [2.05, 4.69) is 4.98 Å². The summed E-state index contributed by atoms with van der Waals surface area (Å²) in [6.07, 6.45) is 1.12. The second-order valence-electron chi connectivity index (χ2n) is 5.98. The average Bonchev–Trinajstić information content (AvgIpc) is 3.05. The predicted octanol–water partition coefficient (Wildman–Crippen LogP) is 3.34. The first-order valence-corrected chi connectivity index (χ1v) is 10.2. The van der Waals surface area contributed by atoms with Gasteiger partial charge in [-0.3, -0.25) is 5.21 Å². The molecule has 0 saturated carbocycles. The van der Waals surface area contributed by atoms with Crippen molar-refractivity contribution in [2.24, 2.45) is 5.73 Å². The van der Waals surface area contributed by atoms with E-state index in [-0.39, 0.29) is 22.4 Å². The van der Waals surface area contributed by atoms with Crippen molar-refractivity contribution in [2.45, 2.75) is 11.4 Å². The Morgan fingerprint density at radius 2 is 1.71 bits per heavy atom. The standard InChI is InChI=1S/C18H16ClN3O5S/c1-28(25,26)14-8-4-11(5-9-14)16-17(12-2-6-13(19)7-3-12)27-15(21-16)10-22(24)18(20)23/h2-9,24H,10H2,1H3,(H2,20,23). The molecule has 3 aromatic rings. The summed E-state index contributed by atoms with van der Waals surface area (Å²) in [5, 5.41) is 10.4. The molecule has 1 heterocycles. The van der Waals surface area contributed by atoms with Gasteiger partial charge in [0, 0.05) is 22.4 Å². The molecule has 0 unspecified atom stereocenters. The van der Waals surface area contributed by atoms with Gasteiger partial charge in [0.1, 0.15) is 12.2 Å². The molecule has 2 aromatic carbocycles. The molecule has 2 amide bonds. The number of oxazole rings is 1. The topological polar surface area (TPSA) is 127 Å². The largest absolute Gasteiger partial charge is 0.438 e. The first-order chi connectivity index (χ1) is 13.1. The Morgan fingerprint density at radius 1 is 1.14 bits per heavy atom. The quantitative estimate of drug-likeness (QED) is 0.480. The van der Waals surface area contributed by atoms with Gasteiger partial charge in [0.05, 0.1) is 4.90 Å². The molecule has 0 bridgehead atoms. The average molecular weight is 422 g/mol. The monoisotopic (exact) mass is 421 g/mol. The van der Waals surface area contributed by atoms with Gasteiger partial charge in [0.25, 0.3) is 0 Å². The van der Waals surface area contributed by atoms with Crippen LogP contribution in [0.5, 0.6) is 0 Å². The van der Waals surface area contributed by atoms with E-state index >= 15 is 0 Å². The summed E-state index contributed by atoms with van der Waals surface area (Å²) in [6, 6.07) is 11.9. The Morgan fingerprint density at radius 3 is 2.25 bits per heavy atom. The van der Waals surface area contributed by atoms with Gasteiger partial charge >= 0.3 is 6.03 Å². The molecular formula is C18H16ClN3O5S. The Balaban J connectivity index is 2.08. The summed E-state index contributed by atoms with van der Waals surface area (Å²) in [4.78, 5) is 15.6. The number of halogens is 1. The fourth-order valence-corrected chi connectivity index (χ4v) is 3.25.